The van der Waals surface area contributed by atoms with Crippen LogP contribution in [0.1, 0.15) is 55.3 Å². The Morgan fingerprint density at radius 3 is 2.70 bits per heavy atom. The smallest absolute Gasteiger partial charge is 0.248 e. The van der Waals surface area contributed by atoms with Crippen molar-refractivity contribution in [3.8, 4) is 0 Å². The van der Waals surface area contributed by atoms with E-state index in [1.54, 1.807) is 6.07 Å². The molecule has 0 radical (unpaired) electrons. The summed E-state index contributed by atoms with van der Waals surface area (Å²) in [7, 11) is 0. The fraction of sp³-hybridized carbons (Fsp3) is 0.478. The molecule has 1 saturated carbocycles. The van der Waals surface area contributed by atoms with E-state index in [0.29, 0.717) is 24.8 Å². The van der Waals surface area contributed by atoms with Gasteiger partial charge in [0.05, 0.1) is 5.54 Å². The number of hydrogen-bond acceptors (Lipinski definition) is 2. The molecule has 4 heteroatoms. The van der Waals surface area contributed by atoms with Crippen LogP contribution >= 0.6 is 0 Å². The molecule has 27 heavy (non-hydrogen) atoms. The summed E-state index contributed by atoms with van der Waals surface area (Å²) in [6.45, 7) is 0.654. The number of aromatic nitrogens is 1. The Kier molecular flexibility index (Phi) is 3.96. The molecular weight excluding hydrogens is 336 g/mol. The van der Waals surface area contributed by atoms with Gasteiger partial charge in [-0.3, -0.25) is 9.59 Å². The largest absolute Gasteiger partial charge is 0.328 e. The Morgan fingerprint density at radius 1 is 1.04 bits per heavy atom. The van der Waals surface area contributed by atoms with E-state index in [9.17, 15) is 9.59 Å². The summed E-state index contributed by atoms with van der Waals surface area (Å²) in [5.41, 5.74) is 3.16. The van der Waals surface area contributed by atoms with E-state index in [4.69, 9.17) is 0 Å². The van der Waals surface area contributed by atoms with E-state index in [1.807, 2.05) is 24.3 Å². The molecule has 2 fully saturated rings. The molecule has 3 atom stereocenters. The number of nitrogens with one attached hydrogen (secondary N) is 1. The molecule has 1 N–H and O–H groups in total. The Hall–Kier alpha value is -2.36. The summed E-state index contributed by atoms with van der Waals surface area (Å²) in [5, 5.41) is 0. The minimum Gasteiger partial charge on any atom is -0.328 e. The number of likely N-dealkylation sites (tertiary alicyclic amines) is 1. The first-order valence-corrected chi connectivity index (χ1v) is 10.3. The predicted molar refractivity (Wildman–Crippen MR) is 104 cm³/mol. The summed E-state index contributed by atoms with van der Waals surface area (Å²) in [6, 6.07) is 14.0. The number of benzene rings is 1. The maximum absolute atomic E-state index is 13.1. The number of carbonyl (C=O) groups is 1. The van der Waals surface area contributed by atoms with Crippen LogP contribution in [0.25, 0.3) is 0 Å². The second-order valence-electron chi connectivity index (χ2n) is 8.46. The Morgan fingerprint density at radius 2 is 1.85 bits per heavy atom. The lowest BCUT2D eigenvalue weighted by Crippen LogP contribution is -2.54. The van der Waals surface area contributed by atoms with E-state index >= 15 is 0 Å². The summed E-state index contributed by atoms with van der Waals surface area (Å²) in [6.07, 6.45) is 7.32. The van der Waals surface area contributed by atoms with Gasteiger partial charge in [-0.2, -0.15) is 0 Å². The highest BCUT2D eigenvalue weighted by molar-refractivity contribution is 5.80. The molecule has 4 nitrogen and oxygen atoms in total. The molecule has 0 bridgehead atoms. The third-order valence-corrected chi connectivity index (χ3v) is 7.14. The zero-order chi connectivity index (χ0) is 18.4. The summed E-state index contributed by atoms with van der Waals surface area (Å²) < 4.78 is 0. The fourth-order valence-corrected chi connectivity index (χ4v) is 6.08. The minimum absolute atomic E-state index is 0.0305. The molecule has 2 aromatic rings. The third-order valence-electron chi connectivity index (χ3n) is 7.14. The maximum Gasteiger partial charge on any atom is 0.248 e. The van der Waals surface area contributed by atoms with Crippen LogP contribution in [0.4, 0.5) is 0 Å². The molecule has 2 heterocycles. The van der Waals surface area contributed by atoms with Crippen LogP contribution in [-0.2, 0) is 23.3 Å². The van der Waals surface area contributed by atoms with E-state index in [-0.39, 0.29) is 17.0 Å². The van der Waals surface area contributed by atoms with Gasteiger partial charge < -0.3 is 9.88 Å². The lowest BCUT2D eigenvalue weighted by molar-refractivity contribution is -0.136. The topological polar surface area (TPSA) is 53.2 Å². The van der Waals surface area contributed by atoms with Crippen LogP contribution in [0.5, 0.6) is 0 Å². The molecule has 0 unspecified atom stereocenters. The van der Waals surface area contributed by atoms with Crippen LogP contribution in [0.2, 0.25) is 0 Å². The Labute approximate surface area is 159 Å². The van der Waals surface area contributed by atoms with Crippen molar-refractivity contribution < 1.29 is 4.79 Å². The lowest BCUT2D eigenvalue weighted by atomic mass is 9.59. The van der Waals surface area contributed by atoms with Crippen LogP contribution in [-0.4, -0.2) is 15.8 Å². The number of aromatic amines is 1. The van der Waals surface area contributed by atoms with Gasteiger partial charge in [-0.05, 0) is 54.7 Å². The zero-order valence-corrected chi connectivity index (χ0v) is 15.6. The first-order chi connectivity index (χ1) is 13.2. The van der Waals surface area contributed by atoms with E-state index in [1.165, 1.54) is 36.8 Å². The van der Waals surface area contributed by atoms with Crippen molar-refractivity contribution >= 4 is 5.91 Å². The van der Waals surface area contributed by atoms with Crippen molar-refractivity contribution in [2.75, 3.05) is 0 Å². The third kappa shape index (κ3) is 2.57. The lowest BCUT2D eigenvalue weighted by Gasteiger charge is -2.53. The van der Waals surface area contributed by atoms with Crippen molar-refractivity contribution in [1.29, 1.82) is 0 Å². The molecule has 1 amide bonds. The molecule has 1 aliphatic heterocycles. The molecule has 1 aromatic carbocycles. The number of hydrogen-bond donors (Lipinski definition) is 1. The minimum atomic E-state index is -0.254. The van der Waals surface area contributed by atoms with E-state index in [2.05, 4.69) is 22.0 Å². The Balaban J connectivity index is 1.66. The van der Waals surface area contributed by atoms with Gasteiger partial charge >= 0.3 is 0 Å². The number of nitrogens with zero attached hydrogens (tertiary/aromatic N) is 1. The predicted octanol–water partition coefficient (Wildman–Crippen LogP) is 3.76. The molecule has 2 aliphatic carbocycles. The molecule has 5 rings (SSSR count). The highest BCUT2D eigenvalue weighted by Gasteiger charge is 2.57. The highest BCUT2D eigenvalue weighted by Crippen LogP contribution is 2.56. The van der Waals surface area contributed by atoms with Crippen LogP contribution < -0.4 is 5.56 Å². The number of carbonyl (C=O) groups excluding carboxylic acids is 1. The van der Waals surface area contributed by atoms with Gasteiger partial charge in [0, 0.05) is 24.7 Å². The van der Waals surface area contributed by atoms with Crippen LogP contribution in [0.3, 0.4) is 0 Å². The van der Waals surface area contributed by atoms with E-state index < -0.39 is 0 Å². The van der Waals surface area contributed by atoms with Crippen molar-refractivity contribution in [2.45, 2.75) is 57.0 Å². The quantitative estimate of drug-likeness (QED) is 0.884. The van der Waals surface area contributed by atoms with Gasteiger partial charge in [0.25, 0.3) is 0 Å². The van der Waals surface area contributed by atoms with E-state index in [0.717, 1.165) is 18.5 Å². The molecular formula is C23H26N2O2. The number of fused-ring (bicyclic) bond motifs is 4. The monoisotopic (exact) mass is 362 g/mol. The number of pyridine rings is 1. The molecule has 3 aliphatic rings. The van der Waals surface area contributed by atoms with Crippen LogP contribution in [0.15, 0.2) is 47.3 Å². The van der Waals surface area contributed by atoms with Crippen molar-refractivity contribution in [3.63, 3.8) is 0 Å². The second kappa shape index (κ2) is 6.36. The second-order valence-corrected chi connectivity index (χ2v) is 8.46. The van der Waals surface area contributed by atoms with Gasteiger partial charge in [-0.1, -0.05) is 43.2 Å². The average Bonchev–Trinajstić information content (AvgIpc) is 3.00. The first-order valence-electron chi connectivity index (χ1n) is 10.3. The fourth-order valence-electron chi connectivity index (χ4n) is 6.08. The molecule has 1 saturated heterocycles. The van der Waals surface area contributed by atoms with Crippen molar-refractivity contribution in [3.05, 3.63) is 69.6 Å². The summed E-state index contributed by atoms with van der Waals surface area (Å²) in [4.78, 5) is 30.3. The molecule has 1 spiro atoms. The van der Waals surface area contributed by atoms with Gasteiger partial charge in [0.15, 0.2) is 0 Å². The van der Waals surface area contributed by atoms with Crippen molar-refractivity contribution in [2.24, 2.45) is 11.8 Å². The number of amides is 1. The normalized spacial score (nSPS) is 29.6. The highest BCUT2D eigenvalue weighted by atomic mass is 16.2. The summed E-state index contributed by atoms with van der Waals surface area (Å²) in [5.74, 6) is 1.32. The summed E-state index contributed by atoms with van der Waals surface area (Å²) >= 11 is 0. The first kappa shape index (κ1) is 16.8. The zero-order valence-electron chi connectivity index (χ0n) is 15.6. The number of H-pyrrole nitrogens is 1. The van der Waals surface area contributed by atoms with Crippen LogP contribution in [0, 0.1) is 11.8 Å². The molecule has 1 aromatic heterocycles. The number of rotatable bonds is 2. The van der Waals surface area contributed by atoms with Gasteiger partial charge in [0.1, 0.15) is 0 Å². The van der Waals surface area contributed by atoms with Gasteiger partial charge in [0.2, 0.25) is 11.5 Å². The average molecular weight is 362 g/mol. The maximum atomic E-state index is 13.1. The molecule has 140 valence electrons. The SMILES string of the molecule is O=C1CC[C@@]2(c3ccc(=O)[nH]c3C[C@H]3CCCC[C@@H]32)N1Cc1ccccc1. The van der Waals surface area contributed by atoms with Gasteiger partial charge in [-0.25, -0.2) is 0 Å². The Bertz CT molecular complexity index is 919. The van der Waals surface area contributed by atoms with Gasteiger partial charge in [-0.15, -0.1) is 0 Å². The van der Waals surface area contributed by atoms with Crippen molar-refractivity contribution in [1.82, 2.24) is 9.88 Å². The standard InChI is InChI=1S/C23H26N2O2/c26-21-11-10-19-20(24-21)14-17-8-4-5-9-18(17)23(19)13-12-22(27)25(23)15-16-6-2-1-3-7-16/h1-3,6-7,10-11,17-18H,4-5,8-9,12-15H2,(H,24,26)/t17-,18+,23-/m1/s1.